The number of fused-ring (bicyclic) bond motifs is 1. The number of benzene rings is 2. The summed E-state index contributed by atoms with van der Waals surface area (Å²) in [6.45, 7) is 3.72. The predicted octanol–water partition coefficient (Wildman–Crippen LogP) is 3.56. The maximum absolute atomic E-state index is 12.3. The van der Waals surface area contributed by atoms with Crippen LogP contribution in [0.2, 0.25) is 0 Å². The highest BCUT2D eigenvalue weighted by atomic mass is 32.2. The molecule has 0 unspecified atom stereocenters. The Kier molecular flexibility index (Phi) is 5.96. The molecule has 140 valence electrons. The summed E-state index contributed by atoms with van der Waals surface area (Å²) >= 11 is 1.50. The molecule has 1 heterocycles. The number of esters is 1. The molecule has 0 fully saturated rings. The van der Waals surface area contributed by atoms with Crippen molar-refractivity contribution in [3.63, 3.8) is 0 Å². The number of carbonyl (C=O) groups is 3. The number of thioether (sulfide) groups is 1. The van der Waals surface area contributed by atoms with Crippen molar-refractivity contribution in [2.75, 3.05) is 23.8 Å². The van der Waals surface area contributed by atoms with Crippen LogP contribution in [0.3, 0.4) is 0 Å². The van der Waals surface area contributed by atoms with Crippen LogP contribution in [0, 0.1) is 13.8 Å². The van der Waals surface area contributed by atoms with Crippen LogP contribution in [-0.2, 0) is 14.3 Å². The average molecular weight is 383 g/mol. The Bertz CT molecular complexity index is 894. The van der Waals surface area contributed by atoms with Gasteiger partial charge in [-0.2, -0.15) is 0 Å². The van der Waals surface area contributed by atoms with E-state index in [4.69, 9.17) is 4.74 Å². The lowest BCUT2D eigenvalue weighted by molar-refractivity contribution is -0.142. The van der Waals surface area contributed by atoms with Crippen molar-refractivity contribution in [2.45, 2.75) is 25.2 Å². The smallest absolute Gasteiger partial charge is 0.308 e. The van der Waals surface area contributed by atoms with Crippen molar-refractivity contribution in [3.8, 4) is 0 Å². The van der Waals surface area contributed by atoms with Crippen LogP contribution < -0.4 is 4.90 Å². The normalized spacial score (nSPS) is 13.3. The zero-order valence-corrected chi connectivity index (χ0v) is 16.2. The number of para-hydroxylation sites is 1. The molecule has 27 heavy (non-hydrogen) atoms. The second-order valence-corrected chi connectivity index (χ2v) is 7.47. The van der Waals surface area contributed by atoms with Crippen molar-refractivity contribution >= 4 is 35.1 Å². The van der Waals surface area contributed by atoms with E-state index in [9.17, 15) is 14.4 Å². The van der Waals surface area contributed by atoms with Crippen LogP contribution in [0.25, 0.3) is 0 Å². The Morgan fingerprint density at radius 3 is 2.74 bits per heavy atom. The van der Waals surface area contributed by atoms with Gasteiger partial charge in [0.25, 0.3) is 0 Å². The molecule has 6 heteroatoms. The van der Waals surface area contributed by atoms with Gasteiger partial charge in [0.2, 0.25) is 11.7 Å². The molecule has 0 saturated carbocycles. The minimum absolute atomic E-state index is 0.0297. The number of amides is 1. The summed E-state index contributed by atoms with van der Waals surface area (Å²) in [5.41, 5.74) is 3.23. The van der Waals surface area contributed by atoms with E-state index in [1.54, 1.807) is 11.0 Å². The first-order chi connectivity index (χ1) is 13.0. The first-order valence-electron chi connectivity index (χ1n) is 8.74. The van der Waals surface area contributed by atoms with E-state index >= 15 is 0 Å². The van der Waals surface area contributed by atoms with Gasteiger partial charge in [-0.3, -0.25) is 14.4 Å². The molecule has 0 atom stereocenters. The van der Waals surface area contributed by atoms with Crippen LogP contribution in [0.4, 0.5) is 5.69 Å². The van der Waals surface area contributed by atoms with Gasteiger partial charge in [0, 0.05) is 17.0 Å². The third kappa shape index (κ3) is 4.57. The Labute approximate surface area is 162 Å². The van der Waals surface area contributed by atoms with Gasteiger partial charge in [-0.15, -0.1) is 11.8 Å². The largest absolute Gasteiger partial charge is 0.457 e. The molecule has 1 aliphatic rings. The molecular formula is C21H21NO4S. The monoisotopic (exact) mass is 383 g/mol. The van der Waals surface area contributed by atoms with Gasteiger partial charge < -0.3 is 9.64 Å². The lowest BCUT2D eigenvalue weighted by Gasteiger charge is -2.28. The summed E-state index contributed by atoms with van der Waals surface area (Å²) in [5.74, 6) is -0.382. The third-order valence-electron chi connectivity index (χ3n) is 4.41. The molecule has 0 aromatic heterocycles. The molecule has 1 amide bonds. The fourth-order valence-electron chi connectivity index (χ4n) is 2.93. The highest BCUT2D eigenvalue weighted by Crippen LogP contribution is 2.34. The molecular weight excluding hydrogens is 362 g/mol. The van der Waals surface area contributed by atoms with Crippen LogP contribution >= 0.6 is 11.8 Å². The first-order valence-corrected chi connectivity index (χ1v) is 9.72. The summed E-state index contributed by atoms with van der Waals surface area (Å²) in [5, 5.41) is 0. The van der Waals surface area contributed by atoms with Crippen molar-refractivity contribution in [1.29, 1.82) is 0 Å². The quantitative estimate of drug-likeness (QED) is 0.564. The van der Waals surface area contributed by atoms with E-state index in [2.05, 4.69) is 0 Å². The second kappa shape index (κ2) is 8.39. The molecule has 2 aromatic carbocycles. The van der Waals surface area contributed by atoms with Gasteiger partial charge in [-0.25, -0.2) is 0 Å². The maximum Gasteiger partial charge on any atom is 0.308 e. The maximum atomic E-state index is 12.3. The summed E-state index contributed by atoms with van der Waals surface area (Å²) in [6, 6.07) is 13.2. The summed E-state index contributed by atoms with van der Waals surface area (Å²) in [7, 11) is 0. The molecule has 0 bridgehead atoms. The number of carbonyl (C=O) groups excluding carboxylic acids is 3. The second-order valence-electron chi connectivity index (χ2n) is 6.45. The number of hydrogen-bond donors (Lipinski definition) is 0. The Balaban J connectivity index is 1.55. The highest BCUT2D eigenvalue weighted by molar-refractivity contribution is 8.00. The Morgan fingerprint density at radius 2 is 1.93 bits per heavy atom. The van der Waals surface area contributed by atoms with E-state index in [-0.39, 0.29) is 31.3 Å². The fourth-order valence-corrected chi connectivity index (χ4v) is 3.87. The van der Waals surface area contributed by atoms with Gasteiger partial charge in [-0.1, -0.05) is 29.8 Å². The topological polar surface area (TPSA) is 63.7 Å². The lowest BCUT2D eigenvalue weighted by atomic mass is 10.0. The van der Waals surface area contributed by atoms with Gasteiger partial charge in [-0.05, 0) is 37.6 Å². The van der Waals surface area contributed by atoms with Crippen LogP contribution in [0.1, 0.15) is 27.9 Å². The molecule has 0 aliphatic carbocycles. The summed E-state index contributed by atoms with van der Waals surface area (Å²) < 4.78 is 5.14. The number of rotatable bonds is 6. The van der Waals surface area contributed by atoms with Crippen molar-refractivity contribution in [3.05, 3.63) is 59.2 Å². The van der Waals surface area contributed by atoms with E-state index < -0.39 is 5.97 Å². The zero-order valence-electron chi connectivity index (χ0n) is 15.4. The third-order valence-corrected chi connectivity index (χ3v) is 5.45. The van der Waals surface area contributed by atoms with Gasteiger partial charge in [0.15, 0.2) is 6.61 Å². The first kappa shape index (κ1) is 19.2. The Hall–Kier alpha value is -2.60. The molecule has 0 spiro atoms. The molecule has 3 rings (SSSR count). The molecule has 0 radical (unpaired) electrons. The van der Waals surface area contributed by atoms with E-state index in [1.807, 2.05) is 50.2 Å². The standard InChI is InChI=1S/C21H21NO4S/c1-14-7-8-15(2)16(11-14)18(23)12-26-21(25)9-10-22-17-5-3-4-6-19(17)27-13-20(22)24/h3-8,11H,9-10,12-13H2,1-2H3. The number of ether oxygens (including phenoxy) is 1. The van der Waals surface area contributed by atoms with E-state index in [0.29, 0.717) is 11.3 Å². The van der Waals surface area contributed by atoms with Crippen molar-refractivity contribution in [1.82, 2.24) is 0 Å². The van der Waals surface area contributed by atoms with Crippen LogP contribution in [-0.4, -0.2) is 36.6 Å². The van der Waals surface area contributed by atoms with Gasteiger partial charge in [0.05, 0.1) is 17.9 Å². The van der Waals surface area contributed by atoms with Gasteiger partial charge in [0.1, 0.15) is 0 Å². The minimum Gasteiger partial charge on any atom is -0.457 e. The van der Waals surface area contributed by atoms with Crippen LogP contribution in [0.15, 0.2) is 47.4 Å². The molecule has 1 aliphatic heterocycles. The highest BCUT2D eigenvalue weighted by Gasteiger charge is 2.25. The minimum atomic E-state index is -0.489. The number of ketones is 1. The van der Waals surface area contributed by atoms with Crippen LogP contribution in [0.5, 0.6) is 0 Å². The Morgan fingerprint density at radius 1 is 1.15 bits per heavy atom. The SMILES string of the molecule is Cc1ccc(C)c(C(=O)COC(=O)CCN2C(=O)CSc3ccccc32)c1. The van der Waals surface area contributed by atoms with Crippen molar-refractivity contribution < 1.29 is 19.1 Å². The molecule has 5 nitrogen and oxygen atoms in total. The zero-order chi connectivity index (χ0) is 19.4. The average Bonchev–Trinajstić information content (AvgIpc) is 2.67. The predicted molar refractivity (Wildman–Crippen MR) is 105 cm³/mol. The van der Waals surface area contributed by atoms with E-state index in [1.165, 1.54) is 11.8 Å². The molecule has 0 N–H and O–H groups in total. The number of Topliss-reactive ketones (excluding diaryl/α,β-unsaturated/α-hetero) is 1. The fraction of sp³-hybridized carbons (Fsp3) is 0.286. The summed E-state index contributed by atoms with van der Waals surface area (Å²) in [6.07, 6.45) is 0.0464. The molecule has 2 aromatic rings. The summed E-state index contributed by atoms with van der Waals surface area (Å²) in [4.78, 5) is 39.2. The van der Waals surface area contributed by atoms with Gasteiger partial charge >= 0.3 is 5.97 Å². The van der Waals surface area contributed by atoms with E-state index in [0.717, 1.165) is 21.7 Å². The number of hydrogen-bond acceptors (Lipinski definition) is 5. The van der Waals surface area contributed by atoms with Crippen molar-refractivity contribution in [2.24, 2.45) is 0 Å². The lowest BCUT2D eigenvalue weighted by Crippen LogP contribution is -2.37. The number of nitrogens with zero attached hydrogens (tertiary/aromatic N) is 1. The molecule has 0 saturated heterocycles. The number of aryl methyl sites for hydroxylation is 2. The number of anilines is 1.